The number of ether oxygens (including phenoxy) is 2. The van der Waals surface area contributed by atoms with Crippen molar-refractivity contribution >= 4 is 5.91 Å². The van der Waals surface area contributed by atoms with Gasteiger partial charge in [-0.15, -0.1) is 0 Å². The molecule has 0 unspecified atom stereocenters. The lowest BCUT2D eigenvalue weighted by atomic mass is 10.2. The third kappa shape index (κ3) is 4.13. The highest BCUT2D eigenvalue weighted by Gasteiger charge is 2.19. The van der Waals surface area contributed by atoms with Crippen molar-refractivity contribution in [3.63, 3.8) is 0 Å². The fraction of sp³-hybridized carbons (Fsp3) is 0.474. The maximum atomic E-state index is 12.3. The number of benzene rings is 1. The van der Waals surface area contributed by atoms with Crippen LogP contribution in [0, 0.1) is 6.92 Å². The summed E-state index contributed by atoms with van der Waals surface area (Å²) in [5.74, 6) is 1.33. The zero-order valence-corrected chi connectivity index (χ0v) is 15.0. The molecule has 0 atom stereocenters. The number of methoxy groups -OCH3 is 1. The second kappa shape index (κ2) is 7.59. The molecule has 0 saturated heterocycles. The van der Waals surface area contributed by atoms with Gasteiger partial charge in [0.05, 0.1) is 18.9 Å². The van der Waals surface area contributed by atoms with Gasteiger partial charge in [-0.05, 0) is 56.4 Å². The van der Waals surface area contributed by atoms with Crippen LogP contribution < -0.4 is 14.8 Å². The van der Waals surface area contributed by atoms with E-state index in [0.717, 1.165) is 35.6 Å². The Hall–Kier alpha value is -2.50. The molecule has 134 valence electrons. The minimum atomic E-state index is -0.142. The minimum absolute atomic E-state index is 0.142. The lowest BCUT2D eigenvalue weighted by Gasteiger charge is -2.17. The average Bonchev–Trinajstić information content (AvgIpc) is 3.22. The van der Waals surface area contributed by atoms with Crippen molar-refractivity contribution in [3.8, 4) is 11.5 Å². The van der Waals surface area contributed by atoms with E-state index in [9.17, 15) is 4.79 Å². The summed E-state index contributed by atoms with van der Waals surface area (Å²) in [6.45, 7) is 2.29. The summed E-state index contributed by atoms with van der Waals surface area (Å²) in [6.07, 6.45) is 4.87. The van der Waals surface area contributed by atoms with E-state index < -0.39 is 0 Å². The first kappa shape index (κ1) is 17.3. The fourth-order valence-electron chi connectivity index (χ4n) is 3.20. The van der Waals surface area contributed by atoms with Gasteiger partial charge < -0.3 is 14.8 Å². The summed E-state index contributed by atoms with van der Waals surface area (Å²) in [5.41, 5.74) is 2.35. The Morgan fingerprint density at radius 1 is 1.28 bits per heavy atom. The Bertz CT molecular complexity index is 748. The zero-order valence-electron chi connectivity index (χ0n) is 15.0. The zero-order chi connectivity index (χ0) is 17.8. The quantitative estimate of drug-likeness (QED) is 0.876. The molecule has 1 saturated carbocycles. The van der Waals surface area contributed by atoms with Crippen molar-refractivity contribution in [3.05, 3.63) is 41.2 Å². The van der Waals surface area contributed by atoms with Gasteiger partial charge in [-0.25, -0.2) is 0 Å². The van der Waals surface area contributed by atoms with Crippen LogP contribution in [0.1, 0.15) is 47.4 Å². The highest BCUT2D eigenvalue weighted by atomic mass is 16.5. The predicted molar refractivity (Wildman–Crippen MR) is 95.0 cm³/mol. The van der Waals surface area contributed by atoms with Crippen molar-refractivity contribution in [2.75, 3.05) is 7.11 Å². The highest BCUT2D eigenvalue weighted by Crippen LogP contribution is 2.32. The number of hydrogen-bond donors (Lipinski definition) is 1. The van der Waals surface area contributed by atoms with Crippen molar-refractivity contribution in [2.24, 2.45) is 7.05 Å². The Labute approximate surface area is 148 Å². The van der Waals surface area contributed by atoms with Crippen LogP contribution in [0.4, 0.5) is 0 Å². The van der Waals surface area contributed by atoms with Crippen LogP contribution in [0.2, 0.25) is 0 Å². The molecule has 6 nitrogen and oxygen atoms in total. The maximum absolute atomic E-state index is 12.3. The van der Waals surface area contributed by atoms with E-state index in [-0.39, 0.29) is 12.0 Å². The van der Waals surface area contributed by atoms with Crippen LogP contribution in [0.15, 0.2) is 24.3 Å². The number of carbonyl (C=O) groups is 1. The second-order valence-corrected chi connectivity index (χ2v) is 6.49. The molecule has 3 rings (SSSR count). The first-order valence-electron chi connectivity index (χ1n) is 8.69. The van der Waals surface area contributed by atoms with Gasteiger partial charge in [0, 0.05) is 13.6 Å². The number of amides is 1. The van der Waals surface area contributed by atoms with E-state index in [1.807, 2.05) is 25.1 Å². The number of nitrogens with one attached hydrogen (secondary N) is 1. The van der Waals surface area contributed by atoms with E-state index in [0.29, 0.717) is 12.2 Å². The van der Waals surface area contributed by atoms with Gasteiger partial charge >= 0.3 is 0 Å². The molecule has 0 spiro atoms. The van der Waals surface area contributed by atoms with Crippen molar-refractivity contribution in [1.29, 1.82) is 0 Å². The third-order valence-corrected chi connectivity index (χ3v) is 4.51. The minimum Gasteiger partial charge on any atom is -0.493 e. The molecule has 1 amide bonds. The molecular weight excluding hydrogens is 318 g/mol. The Kier molecular flexibility index (Phi) is 5.26. The first-order chi connectivity index (χ1) is 12.1. The number of nitrogens with zero attached hydrogens (tertiary/aromatic N) is 2. The molecule has 0 bridgehead atoms. The fourth-order valence-corrected chi connectivity index (χ4v) is 3.20. The number of carbonyl (C=O) groups excluding carboxylic acids is 1. The summed E-state index contributed by atoms with van der Waals surface area (Å²) in [4.78, 5) is 12.3. The Balaban J connectivity index is 1.67. The molecule has 6 heteroatoms. The number of rotatable bonds is 6. The number of aryl methyl sites for hydroxylation is 2. The van der Waals surface area contributed by atoms with Crippen LogP contribution in [-0.4, -0.2) is 28.9 Å². The van der Waals surface area contributed by atoms with Gasteiger partial charge in [0.25, 0.3) is 5.91 Å². The molecule has 0 radical (unpaired) electrons. The molecule has 25 heavy (non-hydrogen) atoms. The van der Waals surface area contributed by atoms with Crippen molar-refractivity contribution in [2.45, 2.75) is 45.3 Å². The largest absolute Gasteiger partial charge is 0.493 e. The van der Waals surface area contributed by atoms with E-state index in [4.69, 9.17) is 9.47 Å². The van der Waals surface area contributed by atoms with E-state index in [2.05, 4.69) is 10.4 Å². The van der Waals surface area contributed by atoms with Gasteiger partial charge in [0.2, 0.25) is 0 Å². The summed E-state index contributed by atoms with van der Waals surface area (Å²) >= 11 is 0. The van der Waals surface area contributed by atoms with E-state index >= 15 is 0 Å². The molecule has 1 aliphatic carbocycles. The molecule has 1 heterocycles. The van der Waals surface area contributed by atoms with Gasteiger partial charge in [0.15, 0.2) is 11.5 Å². The second-order valence-electron chi connectivity index (χ2n) is 6.49. The van der Waals surface area contributed by atoms with E-state index in [1.165, 1.54) is 12.8 Å². The maximum Gasteiger partial charge on any atom is 0.269 e. The van der Waals surface area contributed by atoms with Crippen molar-refractivity contribution in [1.82, 2.24) is 15.1 Å². The summed E-state index contributed by atoms with van der Waals surface area (Å²) in [5, 5.41) is 7.13. The average molecular weight is 343 g/mol. The Morgan fingerprint density at radius 2 is 2.04 bits per heavy atom. The topological polar surface area (TPSA) is 65.4 Å². The smallest absolute Gasteiger partial charge is 0.269 e. The molecule has 1 aliphatic rings. The van der Waals surface area contributed by atoms with Crippen molar-refractivity contribution < 1.29 is 14.3 Å². The number of hydrogen-bond acceptors (Lipinski definition) is 4. The molecule has 1 aromatic heterocycles. The third-order valence-electron chi connectivity index (χ3n) is 4.51. The first-order valence-corrected chi connectivity index (χ1v) is 8.69. The van der Waals surface area contributed by atoms with Crippen LogP contribution in [0.25, 0.3) is 0 Å². The summed E-state index contributed by atoms with van der Waals surface area (Å²) in [6, 6.07) is 7.55. The van der Waals surface area contributed by atoms with Crippen LogP contribution >= 0.6 is 0 Å². The molecule has 2 aromatic rings. The van der Waals surface area contributed by atoms with Gasteiger partial charge in [-0.3, -0.25) is 9.48 Å². The number of aromatic nitrogens is 2. The van der Waals surface area contributed by atoms with Gasteiger partial charge in [-0.1, -0.05) is 6.07 Å². The lowest BCUT2D eigenvalue weighted by molar-refractivity contribution is 0.0941. The van der Waals surface area contributed by atoms with Crippen LogP contribution in [-0.2, 0) is 13.6 Å². The highest BCUT2D eigenvalue weighted by molar-refractivity contribution is 5.92. The summed E-state index contributed by atoms with van der Waals surface area (Å²) in [7, 11) is 3.41. The standard InChI is InChI=1S/C19H25N3O3/c1-13-10-16(22(2)21-13)19(23)20-12-14-8-9-17(24-3)18(11-14)25-15-6-4-5-7-15/h8-11,15H,4-7,12H2,1-3H3,(H,20,23). The van der Waals surface area contributed by atoms with Gasteiger partial charge in [-0.2, -0.15) is 5.10 Å². The molecular formula is C19H25N3O3. The predicted octanol–water partition coefficient (Wildman–Crippen LogP) is 2.99. The van der Waals surface area contributed by atoms with E-state index in [1.54, 1.807) is 24.9 Å². The molecule has 1 aromatic carbocycles. The SMILES string of the molecule is COc1ccc(CNC(=O)c2cc(C)nn2C)cc1OC1CCCC1. The normalized spacial score (nSPS) is 14.5. The Morgan fingerprint density at radius 3 is 2.68 bits per heavy atom. The monoisotopic (exact) mass is 343 g/mol. The van der Waals surface area contributed by atoms with Gasteiger partial charge in [0.1, 0.15) is 5.69 Å². The molecule has 1 fully saturated rings. The van der Waals surface area contributed by atoms with Crippen LogP contribution in [0.3, 0.4) is 0 Å². The van der Waals surface area contributed by atoms with Crippen LogP contribution in [0.5, 0.6) is 11.5 Å². The summed E-state index contributed by atoms with van der Waals surface area (Å²) < 4.78 is 13.1. The lowest BCUT2D eigenvalue weighted by Crippen LogP contribution is -2.25. The molecule has 0 aliphatic heterocycles. The molecule has 1 N–H and O–H groups in total.